The predicted octanol–water partition coefficient (Wildman–Crippen LogP) is 4.11. The van der Waals surface area contributed by atoms with Crippen LogP contribution in [0.1, 0.15) is 28.5 Å². The summed E-state index contributed by atoms with van der Waals surface area (Å²) in [5.41, 5.74) is 3.12. The van der Waals surface area contributed by atoms with Crippen LogP contribution in [0.25, 0.3) is 0 Å². The van der Waals surface area contributed by atoms with Gasteiger partial charge in [0.05, 0.1) is 6.61 Å². The lowest BCUT2D eigenvalue weighted by molar-refractivity contribution is 0.247. The van der Waals surface area contributed by atoms with Crippen LogP contribution in [-0.2, 0) is 0 Å². The maximum absolute atomic E-state index is 9.75. The molecule has 1 heterocycles. The molecule has 0 saturated heterocycles. The number of phenolic OH excluding ortho intramolecular Hbond substituents is 3. The van der Waals surface area contributed by atoms with Crippen LogP contribution in [0.2, 0.25) is 0 Å². The van der Waals surface area contributed by atoms with Crippen LogP contribution in [-0.4, -0.2) is 21.9 Å². The number of hydrogen-bond donors (Lipinski definition) is 3. The third kappa shape index (κ3) is 2.87. The molecule has 1 aliphatic heterocycles. The molecule has 2 atom stereocenters. The topological polar surface area (TPSA) is 69.9 Å². The van der Waals surface area contributed by atoms with Gasteiger partial charge in [-0.15, -0.1) is 0 Å². The predicted molar refractivity (Wildman–Crippen MR) is 94.4 cm³/mol. The second-order valence-electron chi connectivity index (χ2n) is 6.30. The van der Waals surface area contributed by atoms with Gasteiger partial charge >= 0.3 is 0 Å². The number of rotatable bonds is 2. The normalized spacial score (nSPS) is 19.0. The van der Waals surface area contributed by atoms with E-state index in [2.05, 4.69) is 0 Å². The maximum atomic E-state index is 9.75. The van der Waals surface area contributed by atoms with Gasteiger partial charge in [0.2, 0.25) is 0 Å². The molecule has 126 valence electrons. The molecule has 0 aliphatic carbocycles. The second-order valence-corrected chi connectivity index (χ2v) is 6.30. The van der Waals surface area contributed by atoms with Crippen molar-refractivity contribution in [1.82, 2.24) is 0 Å². The molecule has 3 N–H and O–H groups in total. The second kappa shape index (κ2) is 6.06. The van der Waals surface area contributed by atoms with Gasteiger partial charge in [0.25, 0.3) is 0 Å². The van der Waals surface area contributed by atoms with E-state index in [1.165, 1.54) is 0 Å². The highest BCUT2D eigenvalue weighted by Crippen LogP contribution is 2.47. The van der Waals surface area contributed by atoms with Crippen LogP contribution in [0.4, 0.5) is 0 Å². The highest BCUT2D eigenvalue weighted by atomic mass is 16.5. The zero-order valence-corrected chi connectivity index (χ0v) is 13.5. The van der Waals surface area contributed by atoms with Gasteiger partial charge in [0, 0.05) is 23.5 Å². The van der Waals surface area contributed by atoms with Gasteiger partial charge in [-0.25, -0.2) is 0 Å². The highest BCUT2D eigenvalue weighted by Gasteiger charge is 2.33. The maximum Gasteiger partial charge on any atom is 0.126 e. The Labute approximate surface area is 145 Å². The first kappa shape index (κ1) is 15.4. The molecule has 25 heavy (non-hydrogen) atoms. The molecule has 0 aromatic heterocycles. The summed E-state index contributed by atoms with van der Waals surface area (Å²) in [6.45, 7) is 0.465. The Balaban J connectivity index is 1.84. The average molecular weight is 334 g/mol. The molecule has 0 fully saturated rings. The molecule has 0 bridgehead atoms. The fourth-order valence-corrected chi connectivity index (χ4v) is 3.50. The van der Waals surface area contributed by atoms with Gasteiger partial charge in [-0.3, -0.25) is 0 Å². The van der Waals surface area contributed by atoms with Crippen LogP contribution in [0, 0.1) is 0 Å². The van der Waals surface area contributed by atoms with Crippen molar-refractivity contribution < 1.29 is 20.1 Å². The Bertz CT molecular complexity index is 885. The summed E-state index contributed by atoms with van der Waals surface area (Å²) < 4.78 is 5.91. The lowest BCUT2D eigenvalue weighted by atomic mass is 9.76. The summed E-state index contributed by atoms with van der Waals surface area (Å²) in [6, 6.07) is 19.5. The van der Waals surface area contributed by atoms with Crippen molar-refractivity contribution >= 4 is 0 Å². The van der Waals surface area contributed by atoms with Crippen molar-refractivity contribution in [3.05, 3.63) is 83.4 Å². The molecule has 0 spiro atoms. The number of ether oxygens (including phenoxy) is 1. The van der Waals surface area contributed by atoms with Gasteiger partial charge in [0.1, 0.15) is 23.0 Å². The average Bonchev–Trinajstić information content (AvgIpc) is 2.62. The minimum atomic E-state index is 0.0227. The number of fused-ring (bicyclic) bond motifs is 1. The van der Waals surface area contributed by atoms with Gasteiger partial charge in [-0.2, -0.15) is 0 Å². The summed E-state index contributed by atoms with van der Waals surface area (Å²) in [6.07, 6.45) is 0. The molecule has 0 radical (unpaired) electrons. The quantitative estimate of drug-likeness (QED) is 0.659. The number of benzene rings is 3. The number of phenols is 3. The van der Waals surface area contributed by atoms with Crippen molar-refractivity contribution in [2.24, 2.45) is 0 Å². The molecule has 4 heteroatoms. The Morgan fingerprint density at radius 2 is 1.24 bits per heavy atom. The molecule has 0 unspecified atom stereocenters. The summed E-state index contributed by atoms with van der Waals surface area (Å²) in [4.78, 5) is 0. The Hall–Kier alpha value is -3.14. The summed E-state index contributed by atoms with van der Waals surface area (Å²) >= 11 is 0. The van der Waals surface area contributed by atoms with Crippen LogP contribution in [0.3, 0.4) is 0 Å². The lowest BCUT2D eigenvalue weighted by Crippen LogP contribution is -2.25. The molecule has 1 aliphatic rings. The zero-order valence-electron chi connectivity index (χ0n) is 13.5. The van der Waals surface area contributed by atoms with Crippen LogP contribution in [0.15, 0.2) is 66.7 Å². The smallest absolute Gasteiger partial charge is 0.126 e. The molecule has 0 amide bonds. The van der Waals surface area contributed by atoms with E-state index in [1.54, 1.807) is 36.4 Å². The summed E-state index contributed by atoms with van der Waals surface area (Å²) in [5.74, 6) is 1.38. The Morgan fingerprint density at radius 3 is 1.88 bits per heavy atom. The van der Waals surface area contributed by atoms with Crippen LogP contribution >= 0.6 is 0 Å². The lowest BCUT2D eigenvalue weighted by Gasteiger charge is -2.34. The van der Waals surface area contributed by atoms with E-state index >= 15 is 0 Å². The largest absolute Gasteiger partial charge is 0.508 e. The van der Waals surface area contributed by atoms with E-state index in [9.17, 15) is 15.3 Å². The molecular formula is C21H18O4. The first-order chi connectivity index (χ1) is 12.1. The molecule has 3 aromatic rings. The molecular weight excluding hydrogens is 316 g/mol. The van der Waals surface area contributed by atoms with Crippen molar-refractivity contribution in [1.29, 1.82) is 0 Å². The van der Waals surface area contributed by atoms with E-state index in [0.29, 0.717) is 12.4 Å². The van der Waals surface area contributed by atoms with E-state index in [4.69, 9.17) is 4.74 Å². The Kier molecular flexibility index (Phi) is 3.73. The van der Waals surface area contributed by atoms with Crippen molar-refractivity contribution in [3.63, 3.8) is 0 Å². The van der Waals surface area contributed by atoms with E-state index in [0.717, 1.165) is 16.7 Å². The standard InChI is InChI=1S/C21H18O4/c22-15-5-1-13(2-6-15)19-12-25-20-11-17(24)9-10-18(20)21(19)14-3-7-16(23)8-4-14/h1-11,19,21-24H,12H2/t19-,21+/m1/s1. The fourth-order valence-electron chi connectivity index (χ4n) is 3.50. The first-order valence-electron chi connectivity index (χ1n) is 8.15. The fraction of sp³-hybridized carbons (Fsp3) is 0.143. The third-order valence-electron chi connectivity index (χ3n) is 4.73. The molecule has 4 nitrogen and oxygen atoms in total. The minimum Gasteiger partial charge on any atom is -0.508 e. The minimum absolute atomic E-state index is 0.0227. The van der Waals surface area contributed by atoms with E-state index in [-0.39, 0.29) is 29.1 Å². The van der Waals surface area contributed by atoms with Gasteiger partial charge in [-0.05, 0) is 41.5 Å². The number of aromatic hydroxyl groups is 3. The van der Waals surface area contributed by atoms with Crippen molar-refractivity contribution in [2.75, 3.05) is 6.61 Å². The van der Waals surface area contributed by atoms with Crippen molar-refractivity contribution in [2.45, 2.75) is 11.8 Å². The molecule has 0 saturated carbocycles. The molecule has 4 rings (SSSR count). The van der Waals surface area contributed by atoms with Gasteiger partial charge in [0.15, 0.2) is 0 Å². The third-order valence-corrected chi connectivity index (χ3v) is 4.73. The molecule has 3 aromatic carbocycles. The Morgan fingerprint density at radius 1 is 0.680 bits per heavy atom. The highest BCUT2D eigenvalue weighted by molar-refractivity contribution is 5.51. The number of hydrogen-bond acceptors (Lipinski definition) is 4. The first-order valence-corrected chi connectivity index (χ1v) is 8.15. The van der Waals surface area contributed by atoms with E-state index in [1.807, 2.05) is 30.3 Å². The van der Waals surface area contributed by atoms with E-state index < -0.39 is 0 Å². The van der Waals surface area contributed by atoms with Crippen LogP contribution < -0.4 is 4.74 Å². The SMILES string of the molecule is Oc1ccc([C@H]2c3ccc(O)cc3OC[C@@H]2c2ccc(O)cc2)cc1. The summed E-state index contributed by atoms with van der Waals surface area (Å²) in [7, 11) is 0. The summed E-state index contributed by atoms with van der Waals surface area (Å²) in [5, 5.41) is 28.9. The van der Waals surface area contributed by atoms with Gasteiger partial charge in [-0.1, -0.05) is 30.3 Å². The van der Waals surface area contributed by atoms with Gasteiger partial charge < -0.3 is 20.1 Å². The van der Waals surface area contributed by atoms with Crippen molar-refractivity contribution in [3.8, 4) is 23.0 Å². The van der Waals surface area contributed by atoms with Crippen LogP contribution in [0.5, 0.6) is 23.0 Å². The zero-order chi connectivity index (χ0) is 17.4. The monoisotopic (exact) mass is 334 g/mol.